The summed E-state index contributed by atoms with van der Waals surface area (Å²) in [4.78, 5) is 6.40. The van der Waals surface area contributed by atoms with Crippen molar-refractivity contribution >= 4 is 5.69 Å². The van der Waals surface area contributed by atoms with Gasteiger partial charge in [-0.3, -0.25) is 4.98 Å². The van der Waals surface area contributed by atoms with Crippen LogP contribution in [-0.2, 0) is 0 Å². The van der Waals surface area contributed by atoms with E-state index in [0.29, 0.717) is 0 Å². The second-order valence-corrected chi connectivity index (χ2v) is 3.91. The van der Waals surface area contributed by atoms with Crippen molar-refractivity contribution in [3.63, 3.8) is 0 Å². The van der Waals surface area contributed by atoms with Crippen molar-refractivity contribution in [2.45, 2.75) is 25.7 Å². The summed E-state index contributed by atoms with van der Waals surface area (Å²) in [6.45, 7) is 2.11. The van der Waals surface area contributed by atoms with Crippen molar-refractivity contribution in [2.75, 3.05) is 18.0 Å². The van der Waals surface area contributed by atoms with Crippen LogP contribution in [0.5, 0.6) is 0 Å². The van der Waals surface area contributed by atoms with Crippen LogP contribution in [0.2, 0.25) is 0 Å². The maximum absolute atomic E-state index is 9.01. The smallest absolute Gasteiger partial charge is 0.101 e. The Labute approximate surface area is 90.4 Å². The maximum Gasteiger partial charge on any atom is 0.101 e. The normalized spacial score (nSPS) is 16.9. The molecule has 2 rings (SSSR count). The highest BCUT2D eigenvalue weighted by molar-refractivity contribution is 5.57. The Kier molecular flexibility index (Phi) is 3.18. The summed E-state index contributed by atoms with van der Waals surface area (Å²) in [5, 5.41) is 9.01. The Morgan fingerprint density at radius 3 is 2.60 bits per heavy atom. The number of anilines is 1. The van der Waals surface area contributed by atoms with Crippen molar-refractivity contribution in [1.82, 2.24) is 4.98 Å². The number of hydrogen-bond acceptors (Lipinski definition) is 3. The Morgan fingerprint density at radius 2 is 1.93 bits per heavy atom. The van der Waals surface area contributed by atoms with E-state index >= 15 is 0 Å². The lowest BCUT2D eigenvalue weighted by molar-refractivity contribution is 0.726. The van der Waals surface area contributed by atoms with Gasteiger partial charge in [-0.15, -0.1) is 0 Å². The SMILES string of the molecule is N#Cc1ccncc1N1CCCCCC1. The zero-order chi connectivity index (χ0) is 10.5. The molecular formula is C12H15N3. The van der Waals surface area contributed by atoms with Crippen molar-refractivity contribution in [3.8, 4) is 6.07 Å². The van der Waals surface area contributed by atoms with Crippen LogP contribution in [0.25, 0.3) is 0 Å². The molecule has 78 valence electrons. The predicted molar refractivity (Wildman–Crippen MR) is 59.6 cm³/mol. The van der Waals surface area contributed by atoms with Gasteiger partial charge in [0, 0.05) is 19.3 Å². The molecule has 2 heterocycles. The van der Waals surface area contributed by atoms with Crippen LogP contribution in [0.15, 0.2) is 18.5 Å². The van der Waals surface area contributed by atoms with Crippen LogP contribution in [0.1, 0.15) is 31.2 Å². The van der Waals surface area contributed by atoms with Gasteiger partial charge in [-0.25, -0.2) is 0 Å². The van der Waals surface area contributed by atoms with Crippen LogP contribution in [0.3, 0.4) is 0 Å². The molecule has 0 radical (unpaired) electrons. The number of pyridine rings is 1. The Morgan fingerprint density at radius 1 is 1.20 bits per heavy atom. The molecule has 0 saturated carbocycles. The van der Waals surface area contributed by atoms with Gasteiger partial charge in [0.05, 0.1) is 17.4 Å². The monoisotopic (exact) mass is 201 g/mol. The van der Waals surface area contributed by atoms with E-state index in [1.165, 1.54) is 25.7 Å². The molecule has 0 unspecified atom stereocenters. The molecule has 0 aromatic carbocycles. The van der Waals surface area contributed by atoms with E-state index in [9.17, 15) is 0 Å². The first-order valence-corrected chi connectivity index (χ1v) is 5.51. The Balaban J connectivity index is 2.23. The molecule has 3 nitrogen and oxygen atoms in total. The third-order valence-electron chi connectivity index (χ3n) is 2.87. The highest BCUT2D eigenvalue weighted by Gasteiger charge is 2.13. The molecule has 1 aliphatic rings. The van der Waals surface area contributed by atoms with Crippen LogP contribution in [0, 0.1) is 11.3 Å². The van der Waals surface area contributed by atoms with Gasteiger partial charge in [-0.05, 0) is 18.9 Å². The number of hydrogen-bond donors (Lipinski definition) is 0. The van der Waals surface area contributed by atoms with Gasteiger partial charge in [-0.1, -0.05) is 12.8 Å². The summed E-state index contributed by atoms with van der Waals surface area (Å²) in [7, 11) is 0. The number of rotatable bonds is 1. The zero-order valence-electron chi connectivity index (χ0n) is 8.82. The van der Waals surface area contributed by atoms with Crippen LogP contribution >= 0.6 is 0 Å². The molecule has 0 spiro atoms. The average molecular weight is 201 g/mol. The standard InChI is InChI=1S/C12H15N3/c13-9-11-5-6-14-10-12(11)15-7-3-1-2-4-8-15/h5-6,10H,1-4,7-8H2. The van der Waals surface area contributed by atoms with Gasteiger partial charge in [0.2, 0.25) is 0 Å². The van der Waals surface area contributed by atoms with Gasteiger partial charge in [-0.2, -0.15) is 5.26 Å². The number of nitrogens with zero attached hydrogens (tertiary/aromatic N) is 3. The minimum absolute atomic E-state index is 0.743. The molecule has 1 aromatic rings. The third kappa shape index (κ3) is 2.27. The fourth-order valence-electron chi connectivity index (χ4n) is 2.04. The molecule has 1 aromatic heterocycles. The van der Waals surface area contributed by atoms with E-state index in [2.05, 4.69) is 16.0 Å². The highest BCUT2D eigenvalue weighted by atomic mass is 15.1. The first kappa shape index (κ1) is 9.97. The number of nitriles is 1. The topological polar surface area (TPSA) is 39.9 Å². The first-order chi connectivity index (χ1) is 7.42. The van der Waals surface area contributed by atoms with E-state index < -0.39 is 0 Å². The molecule has 0 aliphatic carbocycles. The molecule has 0 bridgehead atoms. The Bertz CT molecular complexity index is 359. The quantitative estimate of drug-likeness (QED) is 0.700. The Hall–Kier alpha value is -1.56. The van der Waals surface area contributed by atoms with E-state index in [0.717, 1.165) is 24.3 Å². The van der Waals surface area contributed by atoms with Crippen molar-refractivity contribution in [1.29, 1.82) is 5.26 Å². The molecule has 15 heavy (non-hydrogen) atoms. The molecule has 0 amide bonds. The van der Waals surface area contributed by atoms with Gasteiger partial charge in [0.15, 0.2) is 0 Å². The summed E-state index contributed by atoms with van der Waals surface area (Å²) in [5.74, 6) is 0. The zero-order valence-corrected chi connectivity index (χ0v) is 8.82. The summed E-state index contributed by atoms with van der Waals surface area (Å²) >= 11 is 0. The van der Waals surface area contributed by atoms with Gasteiger partial charge in [0.1, 0.15) is 6.07 Å². The van der Waals surface area contributed by atoms with Crippen molar-refractivity contribution in [2.24, 2.45) is 0 Å². The minimum atomic E-state index is 0.743. The largest absolute Gasteiger partial charge is 0.369 e. The summed E-state index contributed by atoms with van der Waals surface area (Å²) in [6, 6.07) is 4.02. The minimum Gasteiger partial charge on any atom is -0.369 e. The van der Waals surface area contributed by atoms with E-state index in [-0.39, 0.29) is 0 Å². The average Bonchev–Trinajstić information content (AvgIpc) is 2.57. The van der Waals surface area contributed by atoms with Crippen LogP contribution < -0.4 is 4.90 Å². The summed E-state index contributed by atoms with van der Waals surface area (Å²) < 4.78 is 0. The predicted octanol–water partition coefficient (Wildman–Crippen LogP) is 2.33. The second kappa shape index (κ2) is 4.79. The van der Waals surface area contributed by atoms with Crippen LogP contribution in [0.4, 0.5) is 5.69 Å². The molecule has 0 atom stereocenters. The summed E-state index contributed by atoms with van der Waals surface area (Å²) in [6.07, 6.45) is 8.54. The van der Waals surface area contributed by atoms with E-state index in [4.69, 9.17) is 5.26 Å². The summed E-state index contributed by atoms with van der Waals surface area (Å²) in [5.41, 5.74) is 1.74. The highest BCUT2D eigenvalue weighted by Crippen LogP contribution is 2.21. The molecule has 1 saturated heterocycles. The van der Waals surface area contributed by atoms with Crippen molar-refractivity contribution in [3.05, 3.63) is 24.0 Å². The third-order valence-corrected chi connectivity index (χ3v) is 2.87. The van der Waals surface area contributed by atoms with Crippen molar-refractivity contribution < 1.29 is 0 Å². The number of aromatic nitrogens is 1. The lowest BCUT2D eigenvalue weighted by Gasteiger charge is -2.22. The van der Waals surface area contributed by atoms with Crippen LogP contribution in [-0.4, -0.2) is 18.1 Å². The second-order valence-electron chi connectivity index (χ2n) is 3.91. The maximum atomic E-state index is 9.01. The molecule has 1 aliphatic heterocycles. The molecule has 1 fully saturated rings. The molecule has 0 N–H and O–H groups in total. The first-order valence-electron chi connectivity index (χ1n) is 5.51. The lowest BCUT2D eigenvalue weighted by Crippen LogP contribution is -2.24. The molecule has 3 heteroatoms. The fraction of sp³-hybridized carbons (Fsp3) is 0.500. The molecular weight excluding hydrogens is 186 g/mol. The van der Waals surface area contributed by atoms with E-state index in [1.807, 2.05) is 6.20 Å². The van der Waals surface area contributed by atoms with E-state index in [1.54, 1.807) is 12.3 Å². The van der Waals surface area contributed by atoms with Gasteiger partial charge in [0.25, 0.3) is 0 Å². The lowest BCUT2D eigenvalue weighted by atomic mass is 10.2. The van der Waals surface area contributed by atoms with Gasteiger partial charge < -0.3 is 4.90 Å². The fourth-order valence-corrected chi connectivity index (χ4v) is 2.04. The van der Waals surface area contributed by atoms with Gasteiger partial charge >= 0.3 is 0 Å².